The molecule has 1 aromatic carbocycles. The zero-order valence-corrected chi connectivity index (χ0v) is 15.2. The van der Waals surface area contributed by atoms with Crippen molar-refractivity contribution in [2.75, 3.05) is 10.6 Å². The van der Waals surface area contributed by atoms with Gasteiger partial charge >= 0.3 is 0 Å². The third kappa shape index (κ3) is 4.63. The first kappa shape index (κ1) is 17.1. The van der Waals surface area contributed by atoms with Gasteiger partial charge in [0.25, 0.3) is 0 Å². The highest BCUT2D eigenvalue weighted by atomic mass is 15.2. The van der Waals surface area contributed by atoms with Crippen molar-refractivity contribution in [3.05, 3.63) is 60.6 Å². The molecule has 3 heterocycles. The normalized spacial score (nSPS) is 13.5. The van der Waals surface area contributed by atoms with E-state index >= 15 is 0 Å². The second-order valence-corrected chi connectivity index (χ2v) is 6.61. The molecular formula is C20H23N7. The molecule has 5 rings (SSSR count). The standard InChI is InChI=1S/C17H17N7.C3H6/c1-11(12-2-3-14-13(10-12)4-7-18-14)21-17-19-8-5-15(23-17)22-16-6-9-20-24-16;1-2-3-1/h2-11,18H,1H3,(H3,19,20,21,22,23,24);1-3H2. The number of anilines is 3. The van der Waals surface area contributed by atoms with E-state index < -0.39 is 0 Å². The molecule has 1 atom stereocenters. The molecular weight excluding hydrogens is 338 g/mol. The fourth-order valence-electron chi connectivity index (χ4n) is 2.58. The van der Waals surface area contributed by atoms with Gasteiger partial charge in [-0.05, 0) is 42.1 Å². The number of fused-ring (bicyclic) bond motifs is 1. The minimum atomic E-state index is 0.0895. The van der Waals surface area contributed by atoms with Crippen molar-refractivity contribution in [2.24, 2.45) is 0 Å². The number of H-pyrrole nitrogens is 2. The second kappa shape index (κ2) is 7.90. The van der Waals surface area contributed by atoms with Gasteiger partial charge < -0.3 is 15.6 Å². The largest absolute Gasteiger partial charge is 0.361 e. The van der Waals surface area contributed by atoms with Gasteiger partial charge in [-0.15, -0.1) is 0 Å². The Balaban J connectivity index is 0.000000547. The van der Waals surface area contributed by atoms with Crippen LogP contribution in [-0.2, 0) is 0 Å². The number of hydrogen-bond donors (Lipinski definition) is 4. The van der Waals surface area contributed by atoms with E-state index in [0.29, 0.717) is 11.8 Å². The average molecular weight is 361 g/mol. The lowest BCUT2D eigenvalue weighted by Gasteiger charge is -2.15. The summed E-state index contributed by atoms with van der Waals surface area (Å²) >= 11 is 0. The summed E-state index contributed by atoms with van der Waals surface area (Å²) in [6.45, 7) is 2.09. The number of hydrogen-bond acceptors (Lipinski definition) is 5. The van der Waals surface area contributed by atoms with E-state index in [1.54, 1.807) is 12.4 Å². The van der Waals surface area contributed by atoms with Gasteiger partial charge in [-0.3, -0.25) is 5.10 Å². The zero-order valence-electron chi connectivity index (χ0n) is 15.2. The summed E-state index contributed by atoms with van der Waals surface area (Å²) in [4.78, 5) is 12.0. The molecule has 0 bridgehead atoms. The Kier molecular flexibility index (Phi) is 5.00. The molecule has 4 N–H and O–H groups in total. The molecule has 138 valence electrons. The molecule has 0 saturated heterocycles. The van der Waals surface area contributed by atoms with Gasteiger partial charge in [-0.1, -0.05) is 25.3 Å². The van der Waals surface area contributed by atoms with E-state index in [4.69, 9.17) is 0 Å². The maximum Gasteiger partial charge on any atom is 0.225 e. The Labute approximate surface area is 157 Å². The number of nitrogens with zero attached hydrogens (tertiary/aromatic N) is 3. The van der Waals surface area contributed by atoms with Gasteiger partial charge in [0.2, 0.25) is 5.95 Å². The molecule has 27 heavy (non-hydrogen) atoms. The van der Waals surface area contributed by atoms with E-state index in [0.717, 1.165) is 11.3 Å². The molecule has 3 aromatic heterocycles. The van der Waals surface area contributed by atoms with E-state index in [1.165, 1.54) is 30.2 Å². The third-order valence-electron chi connectivity index (χ3n) is 4.20. The highest BCUT2D eigenvalue weighted by molar-refractivity contribution is 5.80. The van der Waals surface area contributed by atoms with Crippen LogP contribution >= 0.6 is 0 Å². The van der Waals surface area contributed by atoms with Gasteiger partial charge in [-0.2, -0.15) is 10.1 Å². The Morgan fingerprint density at radius 3 is 2.70 bits per heavy atom. The smallest absolute Gasteiger partial charge is 0.225 e. The second-order valence-electron chi connectivity index (χ2n) is 6.61. The lowest BCUT2D eigenvalue weighted by atomic mass is 10.1. The molecule has 4 aromatic rings. The topological polar surface area (TPSA) is 94.3 Å². The lowest BCUT2D eigenvalue weighted by molar-refractivity contribution is 0.863. The highest BCUT2D eigenvalue weighted by Gasteiger charge is 2.09. The third-order valence-corrected chi connectivity index (χ3v) is 4.20. The molecule has 1 saturated carbocycles. The van der Waals surface area contributed by atoms with Gasteiger partial charge in [0.15, 0.2) is 0 Å². The summed E-state index contributed by atoms with van der Waals surface area (Å²) in [6.07, 6.45) is 9.85. The fourth-order valence-corrected chi connectivity index (χ4v) is 2.58. The molecule has 0 spiro atoms. The lowest BCUT2D eigenvalue weighted by Crippen LogP contribution is -2.10. The van der Waals surface area contributed by atoms with Crippen molar-refractivity contribution in [3.63, 3.8) is 0 Å². The van der Waals surface area contributed by atoms with Crippen molar-refractivity contribution in [2.45, 2.75) is 32.2 Å². The van der Waals surface area contributed by atoms with Crippen molar-refractivity contribution >= 4 is 28.5 Å². The van der Waals surface area contributed by atoms with Crippen LogP contribution in [0.15, 0.2) is 55.0 Å². The van der Waals surface area contributed by atoms with Crippen molar-refractivity contribution in [1.82, 2.24) is 25.1 Å². The summed E-state index contributed by atoms with van der Waals surface area (Å²) in [5.74, 6) is 2.05. The van der Waals surface area contributed by atoms with Crippen molar-refractivity contribution < 1.29 is 0 Å². The SMILES string of the molecule is C1CC1.CC(Nc1nccc(Nc2ccn[nH]2)n1)c1ccc2[nH]ccc2c1. The van der Waals surface area contributed by atoms with Crippen LogP contribution in [0.2, 0.25) is 0 Å². The van der Waals surface area contributed by atoms with Crippen molar-refractivity contribution in [1.29, 1.82) is 0 Å². The first-order chi connectivity index (χ1) is 13.3. The number of aromatic amines is 2. The molecule has 7 nitrogen and oxygen atoms in total. The summed E-state index contributed by atoms with van der Waals surface area (Å²) < 4.78 is 0. The molecule has 1 aliphatic rings. The number of nitrogens with one attached hydrogen (secondary N) is 4. The molecule has 1 aliphatic carbocycles. The van der Waals surface area contributed by atoms with Gasteiger partial charge in [0, 0.05) is 24.0 Å². The van der Waals surface area contributed by atoms with Crippen LogP contribution in [0.5, 0.6) is 0 Å². The predicted molar refractivity (Wildman–Crippen MR) is 108 cm³/mol. The van der Waals surface area contributed by atoms with Gasteiger partial charge in [-0.25, -0.2) is 4.98 Å². The summed E-state index contributed by atoms with van der Waals surface area (Å²) in [7, 11) is 0. The van der Waals surface area contributed by atoms with Crippen LogP contribution < -0.4 is 10.6 Å². The zero-order chi connectivity index (χ0) is 18.5. The van der Waals surface area contributed by atoms with Gasteiger partial charge in [0.1, 0.15) is 11.6 Å². The fraction of sp³-hybridized carbons (Fsp3) is 0.250. The molecule has 1 fully saturated rings. The minimum Gasteiger partial charge on any atom is -0.361 e. The van der Waals surface area contributed by atoms with E-state index in [-0.39, 0.29) is 6.04 Å². The van der Waals surface area contributed by atoms with Crippen LogP contribution in [0.1, 0.15) is 37.8 Å². The molecule has 0 amide bonds. The number of rotatable bonds is 5. The molecule has 0 aliphatic heterocycles. The van der Waals surface area contributed by atoms with Crippen LogP contribution in [0.25, 0.3) is 10.9 Å². The molecule has 7 heteroatoms. The monoisotopic (exact) mass is 361 g/mol. The molecule has 0 radical (unpaired) electrons. The van der Waals surface area contributed by atoms with Crippen LogP contribution in [0, 0.1) is 0 Å². The van der Waals surface area contributed by atoms with Crippen molar-refractivity contribution in [3.8, 4) is 0 Å². The first-order valence-electron chi connectivity index (χ1n) is 9.21. The predicted octanol–water partition coefficient (Wildman–Crippen LogP) is 4.77. The maximum absolute atomic E-state index is 4.48. The van der Waals surface area contributed by atoms with Gasteiger partial charge in [0.05, 0.1) is 12.2 Å². The molecule has 1 unspecified atom stereocenters. The average Bonchev–Trinajstić information content (AvgIpc) is 3.34. The van der Waals surface area contributed by atoms with Crippen LogP contribution in [0.4, 0.5) is 17.6 Å². The maximum atomic E-state index is 4.48. The van der Waals surface area contributed by atoms with Crippen LogP contribution in [0.3, 0.4) is 0 Å². The van der Waals surface area contributed by atoms with E-state index in [9.17, 15) is 0 Å². The van der Waals surface area contributed by atoms with E-state index in [1.807, 2.05) is 18.3 Å². The highest BCUT2D eigenvalue weighted by Crippen LogP contribution is 2.22. The first-order valence-corrected chi connectivity index (χ1v) is 9.21. The minimum absolute atomic E-state index is 0.0895. The number of aromatic nitrogens is 5. The Hall–Kier alpha value is -3.35. The summed E-state index contributed by atoms with van der Waals surface area (Å²) in [5.41, 5.74) is 2.31. The quantitative estimate of drug-likeness (QED) is 0.411. The number of benzene rings is 1. The van der Waals surface area contributed by atoms with E-state index in [2.05, 4.69) is 67.0 Å². The van der Waals surface area contributed by atoms with Crippen LogP contribution in [-0.4, -0.2) is 25.1 Å². The summed E-state index contributed by atoms with van der Waals surface area (Å²) in [6, 6.07) is 12.1. The summed E-state index contributed by atoms with van der Waals surface area (Å²) in [5, 5.41) is 14.4. The Bertz CT molecular complexity index is 986. The Morgan fingerprint density at radius 2 is 1.93 bits per heavy atom. The Morgan fingerprint density at radius 1 is 1.04 bits per heavy atom.